The normalized spacial score (nSPS) is 11.3. The zero-order chi connectivity index (χ0) is 18.2. The molecule has 0 fully saturated rings. The lowest BCUT2D eigenvalue weighted by atomic mass is 10.1. The van der Waals surface area contributed by atoms with Crippen LogP contribution < -0.4 is 10.6 Å². The van der Waals surface area contributed by atoms with Crippen molar-refractivity contribution in [2.45, 2.75) is 19.8 Å². The van der Waals surface area contributed by atoms with Gasteiger partial charge in [-0.3, -0.25) is 0 Å². The first-order valence-electron chi connectivity index (χ1n) is 7.97. The molecule has 2 rings (SSSR count). The molecule has 0 bridgehead atoms. The lowest BCUT2D eigenvalue weighted by Gasteiger charge is -2.13. The van der Waals surface area contributed by atoms with E-state index in [0.29, 0.717) is 20.1 Å². The van der Waals surface area contributed by atoms with Gasteiger partial charge in [-0.05, 0) is 48.4 Å². The molecule has 0 unspecified atom stereocenters. The molecule has 2 nitrogen and oxygen atoms in total. The van der Waals surface area contributed by atoms with Gasteiger partial charge in [-0.25, -0.2) is 0 Å². The molecule has 0 saturated carbocycles. The second kappa shape index (κ2) is 10.0. The van der Waals surface area contributed by atoms with Crippen molar-refractivity contribution in [2.75, 3.05) is 11.9 Å². The maximum absolute atomic E-state index is 6.04. The molecule has 0 heterocycles. The van der Waals surface area contributed by atoms with Crippen LogP contribution in [0.5, 0.6) is 0 Å². The van der Waals surface area contributed by atoms with Crippen LogP contribution in [0, 0.1) is 0 Å². The van der Waals surface area contributed by atoms with E-state index in [9.17, 15) is 0 Å². The van der Waals surface area contributed by atoms with E-state index < -0.39 is 0 Å². The van der Waals surface area contributed by atoms with E-state index in [-0.39, 0.29) is 0 Å². The van der Waals surface area contributed by atoms with E-state index in [4.69, 9.17) is 47.0 Å². The van der Waals surface area contributed by atoms with Gasteiger partial charge < -0.3 is 10.6 Å². The molecule has 25 heavy (non-hydrogen) atoms. The molecule has 0 spiro atoms. The fourth-order valence-corrected chi connectivity index (χ4v) is 2.81. The molecule has 0 aliphatic heterocycles. The van der Waals surface area contributed by atoms with Crippen molar-refractivity contribution in [3.63, 3.8) is 0 Å². The first-order valence-corrected chi connectivity index (χ1v) is 9.51. The minimum Gasteiger partial charge on any atom is -0.384 e. The highest BCUT2D eigenvalue weighted by atomic mass is 35.5. The van der Waals surface area contributed by atoms with Crippen LogP contribution in [-0.2, 0) is 0 Å². The van der Waals surface area contributed by atoms with E-state index in [1.807, 2.05) is 36.4 Å². The average Bonchev–Trinajstić information content (AvgIpc) is 2.58. The number of anilines is 1. The van der Waals surface area contributed by atoms with Gasteiger partial charge in [-0.15, -0.1) is 0 Å². The zero-order valence-corrected chi connectivity index (χ0v) is 16.9. The van der Waals surface area contributed by atoms with E-state index in [2.05, 4.69) is 17.6 Å². The summed E-state index contributed by atoms with van der Waals surface area (Å²) in [6, 6.07) is 13.0. The van der Waals surface area contributed by atoms with Gasteiger partial charge in [-0.2, -0.15) is 0 Å². The van der Waals surface area contributed by atoms with E-state index in [1.54, 1.807) is 12.1 Å². The second-order valence-electron chi connectivity index (χ2n) is 5.46. The summed E-state index contributed by atoms with van der Waals surface area (Å²) in [4.78, 5) is 0.576. The maximum atomic E-state index is 6.04. The van der Waals surface area contributed by atoms with Gasteiger partial charge in [0.25, 0.3) is 0 Å². The third-order valence-electron chi connectivity index (χ3n) is 3.46. The predicted octanol–water partition coefficient (Wildman–Crippen LogP) is 6.82. The number of rotatable bonds is 7. The van der Waals surface area contributed by atoms with Crippen molar-refractivity contribution < 1.29 is 0 Å². The van der Waals surface area contributed by atoms with Gasteiger partial charge in [-0.1, -0.05) is 72.5 Å². The Morgan fingerprint density at radius 2 is 1.76 bits per heavy atom. The number of benzene rings is 2. The molecule has 0 aliphatic rings. The van der Waals surface area contributed by atoms with Crippen molar-refractivity contribution in [3.8, 4) is 0 Å². The number of thiocarbonyl (C=S) groups is 1. The van der Waals surface area contributed by atoms with Gasteiger partial charge in [0.2, 0.25) is 0 Å². The van der Waals surface area contributed by atoms with Crippen LogP contribution in [0.3, 0.4) is 0 Å². The number of hydrogen-bond acceptors (Lipinski definition) is 2. The van der Waals surface area contributed by atoms with Gasteiger partial charge in [0.1, 0.15) is 4.99 Å². The number of hydrogen-bond donors (Lipinski definition) is 2. The maximum Gasteiger partial charge on any atom is 0.105 e. The molecule has 0 aliphatic carbocycles. The van der Waals surface area contributed by atoms with Crippen LogP contribution >= 0.6 is 47.0 Å². The summed E-state index contributed by atoms with van der Waals surface area (Å²) in [6.45, 7) is 3.03. The van der Waals surface area contributed by atoms with Crippen LogP contribution in [0.2, 0.25) is 15.1 Å². The number of unbranched alkanes of at least 4 members (excludes halogenated alkanes) is 1. The van der Waals surface area contributed by atoms with E-state index in [1.165, 1.54) is 0 Å². The van der Waals surface area contributed by atoms with Crippen molar-refractivity contribution in [3.05, 3.63) is 69.2 Å². The molecule has 132 valence electrons. The van der Waals surface area contributed by atoms with Crippen LogP contribution in [0.1, 0.15) is 25.3 Å². The summed E-state index contributed by atoms with van der Waals surface area (Å²) < 4.78 is 0. The number of nitrogens with one attached hydrogen (secondary N) is 2. The summed E-state index contributed by atoms with van der Waals surface area (Å²) >= 11 is 23.4. The minimum absolute atomic E-state index is 0.484. The van der Waals surface area contributed by atoms with Crippen molar-refractivity contribution in [1.82, 2.24) is 5.32 Å². The Hall–Kier alpha value is -1.26. The number of halogens is 3. The highest BCUT2D eigenvalue weighted by Crippen LogP contribution is 2.25. The molecular formula is C19H19Cl3N2S. The van der Waals surface area contributed by atoms with E-state index >= 15 is 0 Å². The third-order valence-corrected chi connectivity index (χ3v) is 4.67. The Labute approximate surface area is 169 Å². The largest absolute Gasteiger partial charge is 0.384 e. The summed E-state index contributed by atoms with van der Waals surface area (Å²) in [5.41, 5.74) is 2.76. The lowest BCUT2D eigenvalue weighted by Crippen LogP contribution is -2.16. The molecule has 2 N–H and O–H groups in total. The molecule has 2 aromatic carbocycles. The highest BCUT2D eigenvalue weighted by Gasteiger charge is 2.05. The first-order chi connectivity index (χ1) is 12.0. The quantitative estimate of drug-likeness (QED) is 0.296. The fraction of sp³-hybridized carbons (Fsp3) is 0.211. The van der Waals surface area contributed by atoms with E-state index in [0.717, 1.165) is 36.3 Å². The monoisotopic (exact) mass is 412 g/mol. The van der Waals surface area contributed by atoms with Crippen molar-refractivity contribution in [1.29, 1.82) is 0 Å². The van der Waals surface area contributed by atoms with Crippen LogP contribution in [0.15, 0.2) is 48.5 Å². The molecule has 6 heteroatoms. The van der Waals surface area contributed by atoms with Crippen molar-refractivity contribution >= 4 is 63.4 Å². The van der Waals surface area contributed by atoms with Gasteiger partial charge in [0.05, 0.1) is 10.0 Å². The highest BCUT2D eigenvalue weighted by molar-refractivity contribution is 7.81. The molecule has 0 radical (unpaired) electrons. The van der Waals surface area contributed by atoms with Crippen LogP contribution in [0.4, 0.5) is 5.69 Å². The van der Waals surface area contributed by atoms with Gasteiger partial charge in [0.15, 0.2) is 0 Å². The second-order valence-corrected chi connectivity index (χ2v) is 7.15. The SMILES string of the molecule is CCCCNC(=CC(=S)Nc1ccc(Cl)c(Cl)c1)c1ccc(Cl)cc1. The Bertz CT molecular complexity index is 758. The average molecular weight is 414 g/mol. The first kappa shape index (κ1) is 20.1. The Kier molecular flexibility index (Phi) is 8.04. The third kappa shape index (κ3) is 6.52. The molecule has 0 saturated heterocycles. The molecule has 0 atom stereocenters. The summed E-state index contributed by atoms with van der Waals surface area (Å²) in [5, 5.41) is 8.29. The van der Waals surface area contributed by atoms with Crippen molar-refractivity contribution in [2.24, 2.45) is 0 Å². The fourth-order valence-electron chi connectivity index (χ4n) is 2.15. The molecule has 0 amide bonds. The van der Waals surface area contributed by atoms with Gasteiger partial charge >= 0.3 is 0 Å². The predicted molar refractivity (Wildman–Crippen MR) is 115 cm³/mol. The zero-order valence-electron chi connectivity index (χ0n) is 13.8. The standard InChI is InChI=1S/C19H19Cl3N2S/c1-2-3-10-23-18(13-4-6-14(20)7-5-13)12-19(25)24-15-8-9-16(21)17(22)11-15/h4-9,11-12,23H,2-3,10H2,1H3,(H,24,25). The topological polar surface area (TPSA) is 24.1 Å². The minimum atomic E-state index is 0.484. The Morgan fingerprint density at radius 1 is 1.04 bits per heavy atom. The summed E-state index contributed by atoms with van der Waals surface area (Å²) in [7, 11) is 0. The van der Waals surface area contributed by atoms with Crippen LogP contribution in [0.25, 0.3) is 5.70 Å². The molecule has 2 aromatic rings. The summed E-state index contributed by atoms with van der Waals surface area (Å²) in [6.07, 6.45) is 4.10. The smallest absolute Gasteiger partial charge is 0.105 e. The van der Waals surface area contributed by atoms with Crippen LogP contribution in [-0.4, -0.2) is 11.5 Å². The Morgan fingerprint density at radius 3 is 2.40 bits per heavy atom. The lowest BCUT2D eigenvalue weighted by molar-refractivity contribution is 0.745. The van der Waals surface area contributed by atoms with Gasteiger partial charge in [0, 0.05) is 23.0 Å². The molecule has 0 aromatic heterocycles. The Balaban J connectivity index is 2.17. The summed E-state index contributed by atoms with van der Waals surface area (Å²) in [5.74, 6) is 0. The molecular weight excluding hydrogens is 395 g/mol.